The molecule has 0 aliphatic carbocycles. The zero-order valence-electron chi connectivity index (χ0n) is 13.3. The first kappa shape index (κ1) is 15.9. The van der Waals surface area contributed by atoms with Crippen LogP contribution >= 0.6 is 0 Å². The number of ether oxygens (including phenoxy) is 2. The lowest BCUT2D eigenvalue weighted by atomic mass is 10.0. The van der Waals surface area contributed by atoms with E-state index in [-0.39, 0.29) is 0 Å². The molecule has 0 bridgehead atoms. The van der Waals surface area contributed by atoms with E-state index in [0.717, 1.165) is 68.8 Å². The largest absolute Gasteiger partial charge is 0.494 e. The maximum Gasteiger partial charge on any atom is 0.123 e. The van der Waals surface area contributed by atoms with Crippen molar-refractivity contribution >= 4 is 5.71 Å². The molecule has 0 saturated carbocycles. The van der Waals surface area contributed by atoms with Crippen molar-refractivity contribution in [1.29, 1.82) is 5.41 Å². The summed E-state index contributed by atoms with van der Waals surface area (Å²) in [7, 11) is 0. The molecule has 0 amide bonds. The molecular formula is C18H27NO2. The van der Waals surface area contributed by atoms with E-state index in [1.807, 2.05) is 19.1 Å². The molecule has 0 spiro atoms. The third kappa shape index (κ3) is 5.07. The summed E-state index contributed by atoms with van der Waals surface area (Å²) >= 11 is 0. The summed E-state index contributed by atoms with van der Waals surface area (Å²) in [6, 6.07) is 6.19. The maximum absolute atomic E-state index is 7.38. The zero-order chi connectivity index (χ0) is 15.1. The number of unbranched alkanes of at least 4 members (excludes halogenated alkanes) is 2. The highest BCUT2D eigenvalue weighted by Crippen LogP contribution is 2.31. The van der Waals surface area contributed by atoms with Crippen molar-refractivity contribution in [3.8, 4) is 11.5 Å². The molecule has 1 aromatic carbocycles. The Morgan fingerprint density at radius 3 is 2.95 bits per heavy atom. The Hall–Kier alpha value is -1.51. The van der Waals surface area contributed by atoms with Gasteiger partial charge >= 0.3 is 0 Å². The number of nitrogens with one attached hydrogen (secondary N) is 1. The predicted molar refractivity (Wildman–Crippen MR) is 86.8 cm³/mol. The van der Waals surface area contributed by atoms with Crippen molar-refractivity contribution in [3.05, 3.63) is 23.8 Å². The van der Waals surface area contributed by atoms with Crippen molar-refractivity contribution in [2.24, 2.45) is 0 Å². The minimum atomic E-state index is 0.376. The molecule has 1 aliphatic heterocycles. The van der Waals surface area contributed by atoms with E-state index in [0.29, 0.717) is 6.10 Å². The van der Waals surface area contributed by atoms with Crippen LogP contribution in [0, 0.1) is 5.41 Å². The van der Waals surface area contributed by atoms with Crippen LogP contribution in [0.4, 0.5) is 0 Å². The number of aryl methyl sites for hydroxylation is 1. The van der Waals surface area contributed by atoms with Gasteiger partial charge in [0.2, 0.25) is 0 Å². The summed E-state index contributed by atoms with van der Waals surface area (Å²) in [6.45, 7) is 4.80. The quantitative estimate of drug-likeness (QED) is 0.553. The van der Waals surface area contributed by atoms with Gasteiger partial charge in [-0.3, -0.25) is 0 Å². The predicted octanol–water partition coefficient (Wildman–Crippen LogP) is 4.77. The lowest BCUT2D eigenvalue weighted by Gasteiger charge is -2.25. The fourth-order valence-corrected chi connectivity index (χ4v) is 2.66. The van der Waals surface area contributed by atoms with Gasteiger partial charge in [0, 0.05) is 5.71 Å². The van der Waals surface area contributed by atoms with Crippen molar-refractivity contribution in [2.75, 3.05) is 6.61 Å². The molecule has 0 radical (unpaired) electrons. The molecule has 0 fully saturated rings. The van der Waals surface area contributed by atoms with E-state index >= 15 is 0 Å². The third-order valence-corrected chi connectivity index (χ3v) is 3.98. The van der Waals surface area contributed by atoms with Gasteiger partial charge < -0.3 is 14.9 Å². The van der Waals surface area contributed by atoms with E-state index < -0.39 is 0 Å². The number of fused-ring (bicyclic) bond motifs is 1. The molecular weight excluding hydrogens is 262 g/mol. The first-order valence-corrected chi connectivity index (χ1v) is 8.15. The summed E-state index contributed by atoms with van der Waals surface area (Å²) in [4.78, 5) is 0. The minimum absolute atomic E-state index is 0.376. The third-order valence-electron chi connectivity index (χ3n) is 3.98. The van der Waals surface area contributed by atoms with Crippen LogP contribution in [0.15, 0.2) is 18.2 Å². The first-order valence-electron chi connectivity index (χ1n) is 8.15. The van der Waals surface area contributed by atoms with Crippen molar-refractivity contribution in [2.45, 2.75) is 64.9 Å². The van der Waals surface area contributed by atoms with Gasteiger partial charge in [0.15, 0.2) is 0 Å². The summed E-state index contributed by atoms with van der Waals surface area (Å²) in [5.74, 6) is 1.98. The van der Waals surface area contributed by atoms with E-state index in [2.05, 4.69) is 13.0 Å². The fraction of sp³-hybridized carbons (Fsp3) is 0.611. The average Bonchev–Trinajstić information content (AvgIpc) is 2.49. The topological polar surface area (TPSA) is 42.3 Å². The molecule has 1 aliphatic rings. The van der Waals surface area contributed by atoms with Crippen LogP contribution in [0.5, 0.6) is 11.5 Å². The molecule has 1 atom stereocenters. The number of benzene rings is 1. The summed E-state index contributed by atoms with van der Waals surface area (Å²) in [5, 5.41) is 7.38. The van der Waals surface area contributed by atoms with Gasteiger partial charge in [0.25, 0.3) is 0 Å². The van der Waals surface area contributed by atoms with Crippen LogP contribution in [0.2, 0.25) is 0 Å². The first-order chi connectivity index (χ1) is 10.2. The Labute approximate surface area is 128 Å². The smallest absolute Gasteiger partial charge is 0.123 e. The number of hydrogen-bond acceptors (Lipinski definition) is 3. The monoisotopic (exact) mass is 289 g/mol. The molecule has 21 heavy (non-hydrogen) atoms. The minimum Gasteiger partial charge on any atom is -0.494 e. The Kier molecular flexibility index (Phi) is 6.09. The molecule has 1 aromatic rings. The highest BCUT2D eigenvalue weighted by molar-refractivity contribution is 5.78. The van der Waals surface area contributed by atoms with Crippen molar-refractivity contribution < 1.29 is 9.47 Å². The van der Waals surface area contributed by atoms with Gasteiger partial charge in [-0.25, -0.2) is 0 Å². The molecule has 0 saturated heterocycles. The van der Waals surface area contributed by atoms with Gasteiger partial charge in [-0.15, -0.1) is 0 Å². The fourth-order valence-electron chi connectivity index (χ4n) is 2.66. The second-order valence-electron chi connectivity index (χ2n) is 5.90. The lowest BCUT2D eigenvalue weighted by molar-refractivity contribution is 0.169. The average molecular weight is 289 g/mol. The lowest BCUT2D eigenvalue weighted by Crippen LogP contribution is -2.21. The van der Waals surface area contributed by atoms with Gasteiger partial charge in [-0.05, 0) is 75.6 Å². The van der Waals surface area contributed by atoms with Crippen LogP contribution in [-0.4, -0.2) is 18.4 Å². The zero-order valence-corrected chi connectivity index (χ0v) is 13.3. The van der Waals surface area contributed by atoms with Crippen LogP contribution in [0.25, 0.3) is 0 Å². The molecule has 1 heterocycles. The second-order valence-corrected chi connectivity index (χ2v) is 5.90. The van der Waals surface area contributed by atoms with Crippen LogP contribution in [-0.2, 0) is 6.42 Å². The molecule has 3 nitrogen and oxygen atoms in total. The number of rotatable bonds is 8. The van der Waals surface area contributed by atoms with E-state index in [9.17, 15) is 0 Å². The standard InChI is InChI=1S/C18H27NO2/c1-3-16-9-8-15-13-17(10-11-18(15)21-16)20-12-6-4-5-7-14(2)19/h10-11,13,16,19H,3-9,12H2,1-2H3. The van der Waals surface area contributed by atoms with Crippen molar-refractivity contribution in [3.63, 3.8) is 0 Å². The Morgan fingerprint density at radius 1 is 1.33 bits per heavy atom. The Bertz CT molecular complexity index is 470. The summed E-state index contributed by atoms with van der Waals surface area (Å²) < 4.78 is 11.8. The van der Waals surface area contributed by atoms with E-state index in [4.69, 9.17) is 14.9 Å². The van der Waals surface area contributed by atoms with E-state index in [1.165, 1.54) is 5.56 Å². The molecule has 1 unspecified atom stereocenters. The molecule has 116 valence electrons. The van der Waals surface area contributed by atoms with Crippen LogP contribution in [0.1, 0.15) is 57.9 Å². The van der Waals surface area contributed by atoms with Gasteiger partial charge in [-0.1, -0.05) is 6.92 Å². The second kappa shape index (κ2) is 8.06. The van der Waals surface area contributed by atoms with Crippen LogP contribution in [0.3, 0.4) is 0 Å². The number of hydrogen-bond donors (Lipinski definition) is 1. The van der Waals surface area contributed by atoms with E-state index in [1.54, 1.807) is 0 Å². The summed E-state index contributed by atoms with van der Waals surface area (Å²) in [5.41, 5.74) is 2.05. The molecule has 1 N–H and O–H groups in total. The normalized spacial score (nSPS) is 17.0. The van der Waals surface area contributed by atoms with Crippen LogP contribution < -0.4 is 9.47 Å². The Morgan fingerprint density at radius 2 is 2.19 bits per heavy atom. The van der Waals surface area contributed by atoms with Gasteiger partial charge in [0.1, 0.15) is 11.5 Å². The highest BCUT2D eigenvalue weighted by atomic mass is 16.5. The van der Waals surface area contributed by atoms with Crippen molar-refractivity contribution in [1.82, 2.24) is 0 Å². The molecule has 0 aromatic heterocycles. The van der Waals surface area contributed by atoms with Gasteiger partial charge in [-0.2, -0.15) is 0 Å². The Balaban J connectivity index is 1.74. The molecule has 2 rings (SSSR count). The summed E-state index contributed by atoms with van der Waals surface area (Å²) in [6.07, 6.45) is 7.83. The van der Waals surface area contributed by atoms with Gasteiger partial charge in [0.05, 0.1) is 12.7 Å². The molecule has 3 heteroatoms. The highest BCUT2D eigenvalue weighted by Gasteiger charge is 2.18. The maximum atomic E-state index is 7.38. The SMILES string of the molecule is CCC1CCc2cc(OCCCCCC(C)=N)ccc2O1.